The fraction of sp³-hybridized carbons (Fsp3) is 0.429. The Morgan fingerprint density at radius 2 is 1.64 bits per heavy atom. The van der Waals surface area contributed by atoms with Crippen LogP contribution in [0.5, 0.6) is 0 Å². The van der Waals surface area contributed by atoms with Gasteiger partial charge in [-0.05, 0) is 43.2 Å². The molecule has 2 rings (SSSR count). The molecule has 1 N–H and O–H groups in total. The minimum atomic E-state index is -4.06. The van der Waals surface area contributed by atoms with Gasteiger partial charge in [-0.2, -0.15) is 0 Å². The first-order valence-corrected chi connectivity index (χ1v) is 11.2. The molecule has 0 spiro atoms. The van der Waals surface area contributed by atoms with Crippen LogP contribution in [0.15, 0.2) is 47.4 Å². The highest BCUT2D eigenvalue weighted by molar-refractivity contribution is 7.90. The van der Waals surface area contributed by atoms with E-state index in [1.165, 1.54) is 12.1 Å². The number of carbonyl (C=O) groups is 2. The minimum absolute atomic E-state index is 0.00378. The van der Waals surface area contributed by atoms with Crippen LogP contribution in [0.1, 0.15) is 40.0 Å². The molecule has 0 aliphatic rings. The second kappa shape index (κ2) is 9.68. The lowest BCUT2D eigenvalue weighted by Crippen LogP contribution is -2.45. The van der Waals surface area contributed by atoms with Crippen molar-refractivity contribution in [2.75, 3.05) is 13.1 Å². The Bertz CT molecular complexity index is 936. The number of rotatable bonds is 9. The zero-order chi connectivity index (χ0) is 20.7. The first-order valence-electron chi connectivity index (χ1n) is 9.68. The Morgan fingerprint density at radius 3 is 2.25 bits per heavy atom. The van der Waals surface area contributed by atoms with Crippen LogP contribution < -0.4 is 4.72 Å². The Kier molecular flexibility index (Phi) is 7.57. The number of hydrogen-bond acceptors (Lipinski definition) is 4. The quantitative estimate of drug-likeness (QED) is 0.650. The number of benzene rings is 2. The largest absolute Gasteiger partial charge is 0.343 e. The van der Waals surface area contributed by atoms with E-state index in [2.05, 4.69) is 4.72 Å². The highest BCUT2D eigenvalue weighted by atomic mass is 32.2. The van der Waals surface area contributed by atoms with Gasteiger partial charge < -0.3 is 4.90 Å². The maximum Gasteiger partial charge on any atom is 0.264 e. The lowest BCUT2D eigenvalue weighted by molar-refractivity contribution is -0.141. The third-order valence-corrected chi connectivity index (χ3v) is 6.15. The Hall–Kier alpha value is -2.41. The van der Waals surface area contributed by atoms with Crippen molar-refractivity contribution in [1.29, 1.82) is 0 Å². The maximum atomic E-state index is 12.7. The third-order valence-electron chi connectivity index (χ3n) is 4.80. The summed E-state index contributed by atoms with van der Waals surface area (Å²) in [6.07, 6.45) is 1.80. The van der Waals surface area contributed by atoms with Crippen LogP contribution in [-0.4, -0.2) is 38.2 Å². The molecule has 1 atom stereocenters. The lowest BCUT2D eigenvalue weighted by Gasteiger charge is -2.24. The summed E-state index contributed by atoms with van der Waals surface area (Å²) in [4.78, 5) is 27.0. The van der Waals surface area contributed by atoms with E-state index in [4.69, 9.17) is 0 Å². The van der Waals surface area contributed by atoms with Gasteiger partial charge in [0.05, 0.1) is 4.90 Å². The van der Waals surface area contributed by atoms with Gasteiger partial charge in [0.25, 0.3) is 10.0 Å². The van der Waals surface area contributed by atoms with Crippen LogP contribution in [-0.2, 0) is 19.6 Å². The molecule has 0 saturated carbocycles. The number of nitrogens with zero attached hydrogens (tertiary/aromatic N) is 1. The molecule has 2 amide bonds. The molecule has 0 fully saturated rings. The molecule has 0 heterocycles. The van der Waals surface area contributed by atoms with Gasteiger partial charge in [0.2, 0.25) is 11.8 Å². The number of sulfonamides is 1. The smallest absolute Gasteiger partial charge is 0.264 e. The van der Waals surface area contributed by atoms with Crippen LogP contribution in [0.25, 0.3) is 10.8 Å². The molecular formula is C21H28N2O4S. The summed E-state index contributed by atoms with van der Waals surface area (Å²) in [5.41, 5.74) is 0. The number of carbonyl (C=O) groups excluding carboxylic acids is 2. The molecule has 2 aromatic rings. The first-order chi connectivity index (χ1) is 13.3. The summed E-state index contributed by atoms with van der Waals surface area (Å²) >= 11 is 0. The van der Waals surface area contributed by atoms with Crippen molar-refractivity contribution < 1.29 is 18.0 Å². The molecule has 152 valence electrons. The molecule has 0 radical (unpaired) electrons. The van der Waals surface area contributed by atoms with Gasteiger partial charge in [0, 0.05) is 13.1 Å². The van der Waals surface area contributed by atoms with Crippen molar-refractivity contribution in [3.05, 3.63) is 42.5 Å². The fourth-order valence-corrected chi connectivity index (χ4v) is 4.18. The van der Waals surface area contributed by atoms with Gasteiger partial charge in [-0.1, -0.05) is 50.1 Å². The van der Waals surface area contributed by atoms with Gasteiger partial charge >= 0.3 is 0 Å². The summed E-state index contributed by atoms with van der Waals surface area (Å²) in [7, 11) is -4.06. The molecule has 0 aliphatic heterocycles. The van der Waals surface area contributed by atoms with Crippen LogP contribution in [0.4, 0.5) is 0 Å². The molecule has 0 aromatic heterocycles. The summed E-state index contributed by atoms with van der Waals surface area (Å²) in [5.74, 6) is -2.10. The Labute approximate surface area is 167 Å². The summed E-state index contributed by atoms with van der Waals surface area (Å²) < 4.78 is 27.6. The fourth-order valence-electron chi connectivity index (χ4n) is 3.13. The van der Waals surface area contributed by atoms with Crippen LogP contribution in [0.3, 0.4) is 0 Å². The highest BCUT2D eigenvalue weighted by Gasteiger charge is 2.32. The molecule has 0 saturated heterocycles. The van der Waals surface area contributed by atoms with E-state index < -0.39 is 21.8 Å². The second-order valence-electron chi connectivity index (χ2n) is 6.68. The molecule has 0 bridgehead atoms. The Morgan fingerprint density at radius 1 is 1.00 bits per heavy atom. The van der Waals surface area contributed by atoms with Crippen molar-refractivity contribution in [2.45, 2.75) is 44.9 Å². The molecule has 6 nitrogen and oxygen atoms in total. The maximum absolute atomic E-state index is 12.7. The molecule has 2 aromatic carbocycles. The van der Waals surface area contributed by atoms with Crippen molar-refractivity contribution in [3.8, 4) is 0 Å². The first kappa shape index (κ1) is 21.9. The number of amides is 2. The summed E-state index contributed by atoms with van der Waals surface area (Å²) in [5, 5.41) is 1.67. The van der Waals surface area contributed by atoms with Crippen LogP contribution in [0.2, 0.25) is 0 Å². The molecule has 7 heteroatoms. The van der Waals surface area contributed by atoms with Crippen molar-refractivity contribution >= 4 is 32.6 Å². The monoisotopic (exact) mass is 404 g/mol. The second-order valence-corrected chi connectivity index (χ2v) is 8.37. The van der Waals surface area contributed by atoms with Crippen molar-refractivity contribution in [1.82, 2.24) is 9.62 Å². The summed E-state index contributed by atoms with van der Waals surface area (Å²) in [6, 6.07) is 12.1. The molecule has 1 unspecified atom stereocenters. The Balaban J connectivity index is 2.27. The normalized spacial score (nSPS) is 12.5. The average Bonchev–Trinajstić information content (AvgIpc) is 2.68. The van der Waals surface area contributed by atoms with E-state index in [1.54, 1.807) is 11.0 Å². The topological polar surface area (TPSA) is 83.5 Å². The van der Waals surface area contributed by atoms with E-state index in [0.717, 1.165) is 17.2 Å². The van der Waals surface area contributed by atoms with Gasteiger partial charge in [0.1, 0.15) is 5.92 Å². The van der Waals surface area contributed by atoms with E-state index in [9.17, 15) is 18.0 Å². The van der Waals surface area contributed by atoms with Gasteiger partial charge in [-0.15, -0.1) is 0 Å². The highest BCUT2D eigenvalue weighted by Crippen LogP contribution is 2.20. The predicted molar refractivity (Wildman–Crippen MR) is 110 cm³/mol. The number of nitrogens with one attached hydrogen (secondary N) is 1. The number of unbranched alkanes of at least 4 members (excludes halogenated alkanes) is 1. The molecule has 0 aliphatic carbocycles. The number of hydrogen-bond donors (Lipinski definition) is 1. The predicted octanol–water partition coefficient (Wildman–Crippen LogP) is 3.32. The van der Waals surface area contributed by atoms with Gasteiger partial charge in [-0.3, -0.25) is 9.59 Å². The van der Waals surface area contributed by atoms with Crippen molar-refractivity contribution in [3.63, 3.8) is 0 Å². The SMILES string of the molecule is CCCCC(C(=O)NS(=O)(=O)c1ccc2ccccc2c1)C(=O)N(CC)CC. The summed E-state index contributed by atoms with van der Waals surface area (Å²) in [6.45, 7) is 6.58. The molecular weight excluding hydrogens is 376 g/mol. The van der Waals surface area contributed by atoms with E-state index in [-0.39, 0.29) is 10.8 Å². The van der Waals surface area contributed by atoms with E-state index in [1.807, 2.05) is 45.0 Å². The van der Waals surface area contributed by atoms with E-state index >= 15 is 0 Å². The van der Waals surface area contributed by atoms with Crippen LogP contribution >= 0.6 is 0 Å². The minimum Gasteiger partial charge on any atom is -0.343 e. The van der Waals surface area contributed by atoms with Gasteiger partial charge in [-0.25, -0.2) is 13.1 Å². The zero-order valence-electron chi connectivity index (χ0n) is 16.6. The molecule has 28 heavy (non-hydrogen) atoms. The van der Waals surface area contributed by atoms with Crippen molar-refractivity contribution in [2.24, 2.45) is 5.92 Å². The lowest BCUT2D eigenvalue weighted by atomic mass is 10.00. The van der Waals surface area contributed by atoms with Gasteiger partial charge in [0.15, 0.2) is 0 Å². The number of fused-ring (bicyclic) bond motifs is 1. The zero-order valence-corrected chi connectivity index (χ0v) is 17.5. The van der Waals surface area contributed by atoms with E-state index in [0.29, 0.717) is 25.9 Å². The van der Waals surface area contributed by atoms with Crippen LogP contribution in [0, 0.1) is 5.92 Å². The third kappa shape index (κ3) is 5.10. The standard InChI is InChI=1S/C21H28N2O4S/c1-4-7-12-19(21(25)23(5-2)6-3)20(24)22-28(26,27)18-14-13-16-10-8-9-11-17(16)15-18/h8-11,13-15,19H,4-7,12H2,1-3H3,(H,22,24). The average molecular weight is 405 g/mol.